The first-order valence-corrected chi connectivity index (χ1v) is 10.5. The highest BCUT2D eigenvalue weighted by molar-refractivity contribution is 7.21. The summed E-state index contributed by atoms with van der Waals surface area (Å²) in [5.74, 6) is 1.56. The smallest absolute Gasteiger partial charge is 0.263 e. The van der Waals surface area contributed by atoms with Crippen LogP contribution in [0.15, 0.2) is 24.3 Å². The van der Waals surface area contributed by atoms with E-state index in [4.69, 9.17) is 14.5 Å². The fourth-order valence-electron chi connectivity index (χ4n) is 3.94. The number of anilines is 1. The van der Waals surface area contributed by atoms with Crippen LogP contribution < -0.4 is 15.4 Å². The van der Waals surface area contributed by atoms with Crippen molar-refractivity contribution in [1.29, 1.82) is 0 Å². The molecule has 1 amide bonds. The molecule has 0 atom stereocenters. The Hall–Kier alpha value is -3.30. The molecule has 3 aromatic heterocycles. The normalized spacial score (nSPS) is 15.4. The Balaban J connectivity index is 1.46. The SMILES string of the molecule is Cc1nc2c(c(Oc3ccc4c(ccc5sc6c(c54)NCCNC6=O)n3)n1)COC2. The number of carbonyl (C=O) groups excluding carboxylic acids is 1. The van der Waals surface area contributed by atoms with E-state index in [1.165, 1.54) is 11.3 Å². The number of thiophene rings is 1. The maximum Gasteiger partial charge on any atom is 0.263 e. The van der Waals surface area contributed by atoms with Gasteiger partial charge in [-0.15, -0.1) is 11.3 Å². The van der Waals surface area contributed by atoms with Crippen molar-refractivity contribution in [1.82, 2.24) is 20.3 Å². The quantitative estimate of drug-likeness (QED) is 0.513. The fourth-order valence-corrected chi connectivity index (χ4v) is 5.05. The monoisotopic (exact) mass is 419 g/mol. The zero-order chi connectivity index (χ0) is 20.2. The van der Waals surface area contributed by atoms with Crippen molar-refractivity contribution in [2.24, 2.45) is 0 Å². The second kappa shape index (κ2) is 6.61. The molecule has 1 aromatic carbocycles. The Labute approximate surface area is 175 Å². The van der Waals surface area contributed by atoms with Crippen molar-refractivity contribution in [2.75, 3.05) is 18.4 Å². The number of hydrogen-bond acceptors (Lipinski definition) is 8. The summed E-state index contributed by atoms with van der Waals surface area (Å²) >= 11 is 1.49. The number of hydrogen-bond donors (Lipinski definition) is 2. The van der Waals surface area contributed by atoms with Gasteiger partial charge in [-0.3, -0.25) is 4.79 Å². The van der Waals surface area contributed by atoms with Crippen molar-refractivity contribution in [2.45, 2.75) is 20.1 Å². The number of fused-ring (bicyclic) bond motifs is 6. The van der Waals surface area contributed by atoms with Crippen molar-refractivity contribution < 1.29 is 14.3 Å². The highest BCUT2D eigenvalue weighted by atomic mass is 32.1. The molecule has 0 unspecified atom stereocenters. The molecule has 0 radical (unpaired) electrons. The van der Waals surface area contributed by atoms with Crippen LogP contribution in [0.1, 0.15) is 26.8 Å². The topological polar surface area (TPSA) is 98.3 Å². The number of ether oxygens (including phenoxy) is 2. The largest absolute Gasteiger partial charge is 0.420 e. The molecule has 5 heterocycles. The highest BCUT2D eigenvalue weighted by Crippen LogP contribution is 2.41. The molecular weight excluding hydrogens is 402 g/mol. The molecule has 2 aliphatic heterocycles. The van der Waals surface area contributed by atoms with E-state index in [1.807, 2.05) is 31.2 Å². The summed E-state index contributed by atoms with van der Waals surface area (Å²) in [5, 5.41) is 8.32. The summed E-state index contributed by atoms with van der Waals surface area (Å²) < 4.78 is 12.6. The maximum absolute atomic E-state index is 12.4. The van der Waals surface area contributed by atoms with Gasteiger partial charge >= 0.3 is 0 Å². The second-order valence-corrected chi connectivity index (χ2v) is 8.29. The Bertz CT molecular complexity index is 1350. The molecule has 150 valence electrons. The van der Waals surface area contributed by atoms with Gasteiger partial charge in [0.25, 0.3) is 5.91 Å². The lowest BCUT2D eigenvalue weighted by Gasteiger charge is -2.10. The lowest BCUT2D eigenvalue weighted by atomic mass is 10.1. The molecule has 2 N–H and O–H groups in total. The molecule has 0 saturated carbocycles. The number of aryl methyl sites for hydroxylation is 1. The third-order valence-corrected chi connectivity index (χ3v) is 6.42. The molecule has 8 nitrogen and oxygen atoms in total. The molecular formula is C21H17N5O3S. The average Bonchev–Trinajstić information content (AvgIpc) is 3.31. The number of benzene rings is 1. The van der Waals surface area contributed by atoms with Crippen LogP contribution >= 0.6 is 11.3 Å². The number of aromatic nitrogens is 3. The number of pyridine rings is 1. The zero-order valence-electron chi connectivity index (χ0n) is 16.1. The Morgan fingerprint density at radius 1 is 1.07 bits per heavy atom. The van der Waals surface area contributed by atoms with Crippen LogP contribution in [-0.4, -0.2) is 33.9 Å². The van der Waals surface area contributed by atoms with Gasteiger partial charge in [0.1, 0.15) is 10.7 Å². The Morgan fingerprint density at radius 2 is 1.97 bits per heavy atom. The predicted octanol–water partition coefficient (Wildman–Crippen LogP) is 3.53. The van der Waals surface area contributed by atoms with E-state index in [0.717, 1.165) is 37.9 Å². The third-order valence-electron chi connectivity index (χ3n) is 5.27. The van der Waals surface area contributed by atoms with Gasteiger partial charge in [0, 0.05) is 34.6 Å². The molecule has 0 bridgehead atoms. The van der Waals surface area contributed by atoms with Crippen LogP contribution in [0.5, 0.6) is 11.8 Å². The summed E-state index contributed by atoms with van der Waals surface area (Å²) in [6.45, 7) is 4.04. The Morgan fingerprint density at radius 3 is 2.90 bits per heavy atom. The summed E-state index contributed by atoms with van der Waals surface area (Å²) in [5.41, 5.74) is 3.42. The number of nitrogens with one attached hydrogen (secondary N) is 2. The second-order valence-electron chi connectivity index (χ2n) is 7.24. The van der Waals surface area contributed by atoms with E-state index in [0.29, 0.717) is 48.8 Å². The minimum absolute atomic E-state index is 0.0348. The van der Waals surface area contributed by atoms with Gasteiger partial charge in [0.05, 0.1) is 35.7 Å². The minimum atomic E-state index is -0.0348. The van der Waals surface area contributed by atoms with Crippen LogP contribution in [0.25, 0.3) is 21.0 Å². The summed E-state index contributed by atoms with van der Waals surface area (Å²) in [4.78, 5) is 26.6. The van der Waals surface area contributed by atoms with Gasteiger partial charge in [0.15, 0.2) is 0 Å². The van der Waals surface area contributed by atoms with Crippen molar-refractivity contribution in [3.05, 3.63) is 46.2 Å². The predicted molar refractivity (Wildman–Crippen MR) is 113 cm³/mol. The number of carbonyl (C=O) groups is 1. The van der Waals surface area contributed by atoms with Gasteiger partial charge in [0.2, 0.25) is 11.8 Å². The molecule has 6 rings (SSSR count). The first-order chi connectivity index (χ1) is 14.7. The zero-order valence-corrected chi connectivity index (χ0v) is 16.9. The molecule has 0 spiro atoms. The molecule has 0 fully saturated rings. The number of nitrogens with zero attached hydrogens (tertiary/aromatic N) is 3. The van der Waals surface area contributed by atoms with E-state index in [-0.39, 0.29) is 5.91 Å². The van der Waals surface area contributed by atoms with Gasteiger partial charge in [-0.1, -0.05) is 0 Å². The maximum atomic E-state index is 12.4. The third kappa shape index (κ3) is 2.70. The molecule has 0 aliphatic carbocycles. The lowest BCUT2D eigenvalue weighted by Crippen LogP contribution is -2.24. The minimum Gasteiger partial charge on any atom is -0.420 e. The highest BCUT2D eigenvalue weighted by Gasteiger charge is 2.23. The van der Waals surface area contributed by atoms with E-state index >= 15 is 0 Å². The van der Waals surface area contributed by atoms with Crippen molar-refractivity contribution in [3.63, 3.8) is 0 Å². The van der Waals surface area contributed by atoms with Gasteiger partial charge in [-0.05, 0) is 25.1 Å². The fraction of sp³-hybridized carbons (Fsp3) is 0.238. The summed E-state index contributed by atoms with van der Waals surface area (Å²) in [7, 11) is 0. The van der Waals surface area contributed by atoms with Crippen molar-refractivity contribution >= 4 is 43.9 Å². The molecule has 2 aliphatic rings. The average molecular weight is 419 g/mol. The van der Waals surface area contributed by atoms with Gasteiger partial charge in [-0.2, -0.15) is 4.98 Å². The molecule has 30 heavy (non-hydrogen) atoms. The molecule has 9 heteroatoms. The van der Waals surface area contributed by atoms with Gasteiger partial charge < -0.3 is 20.1 Å². The first kappa shape index (κ1) is 17.5. The Kier molecular flexibility index (Phi) is 3.87. The molecule has 0 saturated heterocycles. The van der Waals surface area contributed by atoms with E-state index in [1.54, 1.807) is 0 Å². The van der Waals surface area contributed by atoms with Crippen molar-refractivity contribution in [3.8, 4) is 11.8 Å². The van der Waals surface area contributed by atoms with Gasteiger partial charge in [-0.25, -0.2) is 9.97 Å². The standard InChI is InChI=1S/C21H17N5O3S/c1-10-24-14-9-28-8-12(14)21(25-10)29-16-5-2-11-13(26-16)3-4-15-17(11)18-19(30-15)20(27)23-7-6-22-18/h2-5,22H,6-9H2,1H3,(H,23,27). The summed E-state index contributed by atoms with van der Waals surface area (Å²) in [6, 6.07) is 7.78. The number of rotatable bonds is 2. The van der Waals surface area contributed by atoms with E-state index < -0.39 is 0 Å². The van der Waals surface area contributed by atoms with E-state index in [2.05, 4.69) is 20.6 Å². The molecule has 4 aromatic rings. The van der Waals surface area contributed by atoms with Crippen LogP contribution in [0.3, 0.4) is 0 Å². The summed E-state index contributed by atoms with van der Waals surface area (Å²) in [6.07, 6.45) is 0. The van der Waals surface area contributed by atoms with E-state index in [9.17, 15) is 4.79 Å². The van der Waals surface area contributed by atoms with Crippen LogP contribution in [0, 0.1) is 6.92 Å². The number of amides is 1. The van der Waals surface area contributed by atoms with Crippen LogP contribution in [-0.2, 0) is 18.0 Å². The lowest BCUT2D eigenvalue weighted by molar-refractivity contribution is 0.0962. The van der Waals surface area contributed by atoms with Crippen LogP contribution in [0.4, 0.5) is 5.69 Å². The van der Waals surface area contributed by atoms with Crippen LogP contribution in [0.2, 0.25) is 0 Å². The first-order valence-electron chi connectivity index (χ1n) is 9.68.